The number of carbonyl (C=O) groups excluding carboxylic acids is 1. The van der Waals surface area contributed by atoms with E-state index in [1.165, 1.54) is 0 Å². The van der Waals surface area contributed by atoms with Gasteiger partial charge in [-0.15, -0.1) is 0 Å². The van der Waals surface area contributed by atoms with Gasteiger partial charge in [0.1, 0.15) is 12.9 Å². The van der Waals surface area contributed by atoms with Crippen molar-refractivity contribution in [1.29, 1.82) is 0 Å². The fourth-order valence-electron chi connectivity index (χ4n) is 0.342. The summed E-state index contributed by atoms with van der Waals surface area (Å²) >= 11 is 0. The van der Waals surface area contributed by atoms with Gasteiger partial charge in [-0.25, -0.2) is 4.89 Å². The monoisotopic (exact) mass is 184 g/mol. The maximum atomic E-state index is 9.83. The van der Waals surface area contributed by atoms with Crippen LogP contribution in [0, 0.1) is 0 Å². The van der Waals surface area contributed by atoms with E-state index in [0.717, 1.165) is 0 Å². The molecule has 0 aliphatic carbocycles. The first-order valence-corrected chi connectivity index (χ1v) is 4.07. The van der Waals surface area contributed by atoms with Crippen molar-refractivity contribution >= 4 is 14.5 Å². The number of rotatable bonds is 6. The molecule has 0 saturated carbocycles. The lowest BCUT2D eigenvalue weighted by atomic mass is 10.3. The summed E-state index contributed by atoms with van der Waals surface area (Å²) in [5, 5.41) is 8.75. The molecule has 66 valence electrons. The van der Waals surface area contributed by atoms with E-state index in [0.29, 0.717) is 6.29 Å². The predicted molar refractivity (Wildman–Crippen MR) is 34.9 cm³/mol. The van der Waals surface area contributed by atoms with Crippen LogP contribution in [0.1, 0.15) is 6.42 Å². The van der Waals surface area contributed by atoms with E-state index in [2.05, 4.69) is 9.56 Å². The zero-order chi connectivity index (χ0) is 8.69. The van der Waals surface area contributed by atoms with Crippen molar-refractivity contribution in [3.8, 4) is 0 Å². The minimum Gasteiger partial charge on any atom is -0.390 e. The van der Waals surface area contributed by atoms with Crippen molar-refractivity contribution in [2.24, 2.45) is 0 Å². The van der Waals surface area contributed by atoms with Gasteiger partial charge in [0.25, 0.3) is 0 Å². The molecule has 2 unspecified atom stereocenters. The normalized spacial score (nSPS) is 15.8. The van der Waals surface area contributed by atoms with Crippen LogP contribution in [0.4, 0.5) is 0 Å². The van der Waals surface area contributed by atoms with E-state index in [4.69, 9.17) is 10.00 Å². The first kappa shape index (κ1) is 10.7. The van der Waals surface area contributed by atoms with Crippen LogP contribution in [0.3, 0.4) is 0 Å². The van der Waals surface area contributed by atoms with Crippen LogP contribution in [0.2, 0.25) is 0 Å². The highest BCUT2D eigenvalue weighted by Crippen LogP contribution is 2.14. The van der Waals surface area contributed by atoms with Gasteiger partial charge in [0.2, 0.25) is 0 Å². The molecule has 6 nitrogen and oxygen atoms in total. The largest absolute Gasteiger partial charge is 0.390 e. The van der Waals surface area contributed by atoms with Gasteiger partial charge >= 0.3 is 8.25 Å². The molecule has 0 rings (SSSR count). The van der Waals surface area contributed by atoms with E-state index < -0.39 is 14.4 Å². The van der Waals surface area contributed by atoms with Gasteiger partial charge in [-0.3, -0.25) is 4.57 Å². The third-order valence-corrected chi connectivity index (χ3v) is 1.02. The molecule has 2 atom stereocenters. The topological polar surface area (TPSA) is 93.1 Å². The average molecular weight is 184 g/mol. The standard InChI is InChI=1S/C4H9O6P/c5-2-1-4(6)3-9-10-11(7)8/h2,4,6,11H,1,3H2,(H,7,8). The fourth-order valence-corrected chi connectivity index (χ4v) is 0.511. The molecule has 0 radical (unpaired) electrons. The number of hydrogen-bond donors (Lipinski definition) is 2. The smallest absolute Gasteiger partial charge is 0.344 e. The molecule has 0 aromatic carbocycles. The zero-order valence-electron chi connectivity index (χ0n) is 5.60. The zero-order valence-corrected chi connectivity index (χ0v) is 6.60. The summed E-state index contributed by atoms with van der Waals surface area (Å²) < 4.78 is 13.6. The molecular weight excluding hydrogens is 175 g/mol. The first-order chi connectivity index (χ1) is 5.16. The van der Waals surface area contributed by atoms with Crippen LogP contribution in [0.25, 0.3) is 0 Å². The Bertz CT molecular complexity index is 137. The number of hydrogen-bond acceptors (Lipinski definition) is 5. The van der Waals surface area contributed by atoms with E-state index >= 15 is 0 Å². The summed E-state index contributed by atoms with van der Waals surface area (Å²) in [5.74, 6) is 0. The average Bonchev–Trinajstić information content (AvgIpc) is 1.87. The maximum absolute atomic E-state index is 9.83. The third kappa shape index (κ3) is 7.64. The Morgan fingerprint density at radius 2 is 2.27 bits per heavy atom. The summed E-state index contributed by atoms with van der Waals surface area (Å²) in [7, 11) is -3.12. The Kier molecular flexibility index (Phi) is 6.30. The number of aldehydes is 1. The maximum Gasteiger partial charge on any atom is 0.344 e. The molecule has 11 heavy (non-hydrogen) atoms. The van der Waals surface area contributed by atoms with Gasteiger partial charge in [0, 0.05) is 6.42 Å². The Morgan fingerprint density at radius 1 is 1.64 bits per heavy atom. The molecule has 0 aliphatic heterocycles. The van der Waals surface area contributed by atoms with Crippen molar-refractivity contribution in [1.82, 2.24) is 0 Å². The highest BCUT2D eigenvalue weighted by Gasteiger charge is 2.03. The molecule has 0 bridgehead atoms. The summed E-state index contributed by atoms with van der Waals surface area (Å²) in [6.07, 6.45) is -0.569. The summed E-state index contributed by atoms with van der Waals surface area (Å²) in [5.41, 5.74) is 0. The van der Waals surface area contributed by atoms with Crippen molar-refractivity contribution in [2.45, 2.75) is 12.5 Å². The van der Waals surface area contributed by atoms with E-state index in [9.17, 15) is 9.36 Å². The van der Waals surface area contributed by atoms with Gasteiger partial charge in [0.05, 0.1) is 6.10 Å². The Labute approximate surface area is 63.6 Å². The minimum absolute atomic E-state index is 0.0876. The van der Waals surface area contributed by atoms with Crippen LogP contribution in [0.15, 0.2) is 0 Å². The van der Waals surface area contributed by atoms with Gasteiger partial charge < -0.3 is 14.8 Å². The first-order valence-electron chi connectivity index (χ1n) is 2.81. The van der Waals surface area contributed by atoms with Gasteiger partial charge in [-0.1, -0.05) is 0 Å². The third-order valence-electron chi connectivity index (χ3n) is 0.759. The lowest BCUT2D eigenvalue weighted by Crippen LogP contribution is -2.14. The van der Waals surface area contributed by atoms with Gasteiger partial charge in [0.15, 0.2) is 0 Å². The van der Waals surface area contributed by atoms with Crippen LogP contribution >= 0.6 is 8.25 Å². The second kappa shape index (κ2) is 6.45. The van der Waals surface area contributed by atoms with Gasteiger partial charge in [-0.2, -0.15) is 4.67 Å². The van der Waals surface area contributed by atoms with Crippen molar-refractivity contribution < 1.29 is 28.9 Å². The second-order valence-corrected chi connectivity index (χ2v) is 2.39. The molecule has 0 amide bonds. The number of aliphatic hydroxyl groups excluding tert-OH is 1. The molecule has 0 aromatic heterocycles. The van der Waals surface area contributed by atoms with E-state index in [-0.39, 0.29) is 13.0 Å². The van der Waals surface area contributed by atoms with Crippen LogP contribution in [0.5, 0.6) is 0 Å². The van der Waals surface area contributed by atoms with Gasteiger partial charge in [-0.05, 0) is 0 Å². The molecular formula is C4H9O6P. The minimum atomic E-state index is -3.12. The van der Waals surface area contributed by atoms with Crippen molar-refractivity contribution in [3.63, 3.8) is 0 Å². The highest BCUT2D eigenvalue weighted by atomic mass is 31.1. The summed E-state index contributed by atoms with van der Waals surface area (Å²) in [6.45, 7) is -0.296. The number of carbonyl (C=O) groups is 1. The number of aliphatic hydroxyl groups is 1. The van der Waals surface area contributed by atoms with Crippen LogP contribution in [-0.2, 0) is 18.9 Å². The molecule has 0 aromatic rings. The van der Waals surface area contributed by atoms with Crippen LogP contribution in [-0.4, -0.2) is 29.0 Å². The molecule has 0 aliphatic rings. The second-order valence-electron chi connectivity index (χ2n) is 1.69. The molecule has 0 fully saturated rings. The summed E-state index contributed by atoms with van der Waals surface area (Å²) in [4.78, 5) is 21.9. The Balaban J connectivity index is 3.23. The highest BCUT2D eigenvalue weighted by molar-refractivity contribution is 7.31. The predicted octanol–water partition coefficient (Wildman–Crippen LogP) is -0.734. The Morgan fingerprint density at radius 3 is 2.73 bits per heavy atom. The summed E-state index contributed by atoms with van der Waals surface area (Å²) in [6, 6.07) is 0. The lowest BCUT2D eigenvalue weighted by molar-refractivity contribution is -0.224. The Hall–Kier alpha value is -0.260. The van der Waals surface area contributed by atoms with E-state index in [1.54, 1.807) is 0 Å². The van der Waals surface area contributed by atoms with Crippen molar-refractivity contribution in [3.05, 3.63) is 0 Å². The SMILES string of the molecule is O=CCC(O)COO[PH](=O)O. The molecule has 2 N–H and O–H groups in total. The molecule has 0 saturated heterocycles. The molecule has 0 heterocycles. The molecule has 7 heteroatoms. The van der Waals surface area contributed by atoms with Crippen LogP contribution < -0.4 is 0 Å². The quantitative estimate of drug-likeness (QED) is 0.244. The van der Waals surface area contributed by atoms with Crippen molar-refractivity contribution in [2.75, 3.05) is 6.61 Å². The van der Waals surface area contributed by atoms with E-state index in [1.807, 2.05) is 0 Å². The molecule has 0 spiro atoms. The fraction of sp³-hybridized carbons (Fsp3) is 0.750. The lowest BCUT2D eigenvalue weighted by Gasteiger charge is -2.04.